The molecule has 27 heavy (non-hydrogen) atoms. The fraction of sp³-hybridized carbons (Fsp3) is 0.609. The van der Waals surface area contributed by atoms with Crippen LogP contribution in [0.2, 0.25) is 0 Å². The highest BCUT2D eigenvalue weighted by atomic mass is 16.4. The molecular weight excluding hydrogens is 336 g/mol. The highest BCUT2D eigenvalue weighted by molar-refractivity contribution is 5.82. The first-order valence-corrected chi connectivity index (χ1v) is 10.5. The third-order valence-corrected chi connectivity index (χ3v) is 6.38. The van der Waals surface area contributed by atoms with E-state index in [9.17, 15) is 4.79 Å². The van der Waals surface area contributed by atoms with Crippen molar-refractivity contribution in [3.63, 3.8) is 0 Å². The van der Waals surface area contributed by atoms with Gasteiger partial charge in [0.25, 0.3) is 0 Å². The smallest absolute Gasteiger partial charge is 0.336 e. The van der Waals surface area contributed by atoms with Crippen molar-refractivity contribution < 1.29 is 4.42 Å². The van der Waals surface area contributed by atoms with Crippen LogP contribution in [0.3, 0.4) is 0 Å². The topological polar surface area (TPSA) is 36.7 Å². The maximum atomic E-state index is 12.2. The Labute approximate surface area is 162 Å². The Balaban J connectivity index is 1.64. The second-order valence-corrected chi connectivity index (χ2v) is 8.72. The van der Waals surface area contributed by atoms with Gasteiger partial charge >= 0.3 is 5.63 Å². The number of nitrogens with zero attached hydrogens (tertiary/aromatic N) is 2. The Morgan fingerprint density at radius 3 is 2.63 bits per heavy atom. The Morgan fingerprint density at radius 1 is 1.11 bits per heavy atom. The molecule has 0 spiro atoms. The van der Waals surface area contributed by atoms with E-state index in [-0.39, 0.29) is 5.63 Å². The summed E-state index contributed by atoms with van der Waals surface area (Å²) in [6.07, 6.45) is 5.21. The predicted octanol–water partition coefficient (Wildman–Crippen LogP) is 4.29. The molecule has 2 aliphatic heterocycles. The molecule has 1 aromatic carbocycles. The van der Waals surface area contributed by atoms with Crippen LogP contribution in [0.5, 0.6) is 0 Å². The van der Waals surface area contributed by atoms with Gasteiger partial charge in [0, 0.05) is 30.6 Å². The number of hydrogen-bond acceptors (Lipinski definition) is 4. The van der Waals surface area contributed by atoms with Gasteiger partial charge in [0.2, 0.25) is 0 Å². The number of aryl methyl sites for hydroxylation is 1. The highest BCUT2D eigenvalue weighted by Crippen LogP contribution is 2.29. The zero-order valence-electron chi connectivity index (χ0n) is 17.0. The first-order chi connectivity index (χ1) is 13.0. The molecule has 0 amide bonds. The Kier molecular flexibility index (Phi) is 5.38. The van der Waals surface area contributed by atoms with Crippen molar-refractivity contribution in [1.82, 2.24) is 9.80 Å². The van der Waals surface area contributed by atoms with Crippen LogP contribution < -0.4 is 5.63 Å². The summed E-state index contributed by atoms with van der Waals surface area (Å²) in [6, 6.07) is 6.62. The molecule has 0 aliphatic carbocycles. The summed E-state index contributed by atoms with van der Waals surface area (Å²) in [5, 5.41) is 1.11. The molecule has 0 N–H and O–H groups in total. The standard InChI is InChI=1S/C23H32N2O2/c1-16(2)20-13-21-18(12-23(26)27-22(21)11-17(20)3)14-25-10-6-7-19(25)15-24-8-4-5-9-24/h11-13,16,19H,4-10,14-15H2,1-3H3. The van der Waals surface area contributed by atoms with Crippen LogP contribution in [0.4, 0.5) is 0 Å². The monoisotopic (exact) mass is 368 g/mol. The lowest BCUT2D eigenvalue weighted by atomic mass is 9.95. The number of hydrogen-bond donors (Lipinski definition) is 0. The van der Waals surface area contributed by atoms with Gasteiger partial charge in [-0.2, -0.15) is 0 Å². The van der Waals surface area contributed by atoms with Gasteiger partial charge in [0.05, 0.1) is 0 Å². The lowest BCUT2D eigenvalue weighted by Gasteiger charge is -2.28. The molecule has 1 unspecified atom stereocenters. The molecule has 2 aromatic rings. The molecule has 0 saturated carbocycles. The molecule has 2 aliphatic rings. The van der Waals surface area contributed by atoms with Gasteiger partial charge in [0.15, 0.2) is 0 Å². The van der Waals surface area contributed by atoms with Gasteiger partial charge in [-0.15, -0.1) is 0 Å². The molecule has 4 rings (SSSR count). The number of rotatable bonds is 5. The van der Waals surface area contributed by atoms with Crippen LogP contribution in [-0.4, -0.2) is 42.0 Å². The average molecular weight is 369 g/mol. The van der Waals surface area contributed by atoms with E-state index in [4.69, 9.17) is 4.42 Å². The molecule has 4 heteroatoms. The number of benzene rings is 1. The fourth-order valence-electron chi connectivity index (χ4n) is 4.94. The molecule has 1 aromatic heterocycles. The molecule has 1 atom stereocenters. The molecule has 146 valence electrons. The zero-order chi connectivity index (χ0) is 19.0. The van der Waals surface area contributed by atoms with Gasteiger partial charge in [-0.05, 0) is 87.0 Å². The third kappa shape index (κ3) is 3.97. The average Bonchev–Trinajstić information content (AvgIpc) is 3.27. The second-order valence-electron chi connectivity index (χ2n) is 8.72. The summed E-state index contributed by atoms with van der Waals surface area (Å²) in [4.78, 5) is 17.4. The predicted molar refractivity (Wildman–Crippen MR) is 110 cm³/mol. The molecule has 2 saturated heterocycles. The van der Waals surface area contributed by atoms with Crippen LogP contribution >= 0.6 is 0 Å². The maximum Gasteiger partial charge on any atom is 0.336 e. The van der Waals surface area contributed by atoms with Crippen molar-refractivity contribution >= 4 is 11.0 Å². The molecule has 4 nitrogen and oxygen atoms in total. The number of likely N-dealkylation sites (tertiary alicyclic amines) is 2. The number of fused-ring (bicyclic) bond motifs is 1. The van der Waals surface area contributed by atoms with E-state index < -0.39 is 0 Å². The highest BCUT2D eigenvalue weighted by Gasteiger charge is 2.28. The van der Waals surface area contributed by atoms with Crippen LogP contribution in [0, 0.1) is 6.92 Å². The van der Waals surface area contributed by atoms with Crippen molar-refractivity contribution in [1.29, 1.82) is 0 Å². The van der Waals surface area contributed by atoms with E-state index >= 15 is 0 Å². The fourth-order valence-corrected chi connectivity index (χ4v) is 4.94. The van der Waals surface area contributed by atoms with E-state index in [1.165, 1.54) is 56.4 Å². The molecule has 3 heterocycles. The third-order valence-electron chi connectivity index (χ3n) is 6.38. The second kappa shape index (κ2) is 7.76. The lowest BCUT2D eigenvalue weighted by molar-refractivity contribution is 0.185. The minimum absolute atomic E-state index is 0.232. The van der Waals surface area contributed by atoms with Crippen LogP contribution in [0.1, 0.15) is 62.1 Å². The first kappa shape index (κ1) is 18.7. The van der Waals surface area contributed by atoms with Gasteiger partial charge in [-0.25, -0.2) is 4.79 Å². The maximum absolute atomic E-state index is 12.2. The van der Waals surface area contributed by atoms with Gasteiger partial charge < -0.3 is 9.32 Å². The first-order valence-electron chi connectivity index (χ1n) is 10.5. The molecule has 0 bridgehead atoms. The van der Waals surface area contributed by atoms with Crippen molar-refractivity contribution in [3.8, 4) is 0 Å². The summed E-state index contributed by atoms with van der Waals surface area (Å²) >= 11 is 0. The van der Waals surface area contributed by atoms with Crippen LogP contribution in [0.15, 0.2) is 27.4 Å². The van der Waals surface area contributed by atoms with E-state index in [0.717, 1.165) is 29.6 Å². The van der Waals surface area contributed by atoms with Gasteiger partial charge in [0.1, 0.15) is 5.58 Å². The van der Waals surface area contributed by atoms with E-state index in [2.05, 4.69) is 36.6 Å². The Bertz CT molecular complexity index is 865. The lowest BCUT2D eigenvalue weighted by Crippen LogP contribution is -2.39. The SMILES string of the molecule is Cc1cc2oc(=O)cc(CN3CCCC3CN3CCCC3)c2cc1C(C)C. The summed E-state index contributed by atoms with van der Waals surface area (Å²) < 4.78 is 5.53. The summed E-state index contributed by atoms with van der Waals surface area (Å²) in [5.74, 6) is 0.462. The molecule has 2 fully saturated rings. The van der Waals surface area contributed by atoms with E-state index in [0.29, 0.717) is 12.0 Å². The molecule has 0 radical (unpaired) electrons. The minimum atomic E-state index is -0.232. The van der Waals surface area contributed by atoms with Crippen molar-refractivity contribution in [2.75, 3.05) is 26.2 Å². The minimum Gasteiger partial charge on any atom is -0.423 e. The van der Waals surface area contributed by atoms with E-state index in [1.807, 2.05) is 6.07 Å². The largest absolute Gasteiger partial charge is 0.423 e. The van der Waals surface area contributed by atoms with Crippen molar-refractivity contribution in [2.45, 2.75) is 65.0 Å². The zero-order valence-corrected chi connectivity index (χ0v) is 17.0. The van der Waals surface area contributed by atoms with Crippen molar-refractivity contribution in [3.05, 3.63) is 45.3 Å². The van der Waals surface area contributed by atoms with Gasteiger partial charge in [-0.1, -0.05) is 13.8 Å². The van der Waals surface area contributed by atoms with Crippen molar-refractivity contribution in [2.24, 2.45) is 0 Å². The van der Waals surface area contributed by atoms with Gasteiger partial charge in [-0.3, -0.25) is 4.90 Å². The summed E-state index contributed by atoms with van der Waals surface area (Å²) in [6.45, 7) is 12.2. The molecular formula is C23H32N2O2. The quantitative estimate of drug-likeness (QED) is 0.738. The Hall–Kier alpha value is -1.65. The van der Waals surface area contributed by atoms with Crippen LogP contribution in [0.25, 0.3) is 11.0 Å². The normalized spacial score (nSPS) is 21.7. The summed E-state index contributed by atoms with van der Waals surface area (Å²) in [7, 11) is 0. The van der Waals surface area contributed by atoms with E-state index in [1.54, 1.807) is 6.07 Å². The summed E-state index contributed by atoms with van der Waals surface area (Å²) in [5.41, 5.74) is 4.16. The van der Waals surface area contributed by atoms with Crippen LogP contribution in [-0.2, 0) is 6.54 Å². The Morgan fingerprint density at radius 2 is 1.89 bits per heavy atom.